The predicted octanol–water partition coefficient (Wildman–Crippen LogP) is 2.76. The normalized spacial score (nSPS) is 14.2. The summed E-state index contributed by atoms with van der Waals surface area (Å²) >= 11 is 6.46. The van der Waals surface area contributed by atoms with Crippen molar-refractivity contribution in [1.82, 2.24) is 0 Å². The zero-order chi connectivity index (χ0) is 17.6. The van der Waals surface area contributed by atoms with Gasteiger partial charge in [0.25, 0.3) is 0 Å². The minimum atomic E-state index is -0.235. The number of rotatable bonds is 16. The molecule has 0 aliphatic heterocycles. The maximum Gasteiger partial charge on any atom is 0.104 e. The van der Waals surface area contributed by atoms with E-state index in [2.05, 4.69) is 21.0 Å². The van der Waals surface area contributed by atoms with E-state index in [-0.39, 0.29) is 18.5 Å². The van der Waals surface area contributed by atoms with Crippen LogP contribution >= 0.6 is 11.6 Å². The van der Waals surface area contributed by atoms with Gasteiger partial charge in [0.15, 0.2) is 0 Å². The van der Waals surface area contributed by atoms with Crippen molar-refractivity contribution in [2.45, 2.75) is 102 Å². The standard InChI is InChI=1S/C20H43ClNO.ClH/c1-5-6-7-8-9-10-11-12-13-14-15-20(21)16-17-22(3,4)18-19(2)23;/h19-20,23H,5-18H2,1-4H3;1H/q+1;/p-1. The minimum Gasteiger partial charge on any atom is -1.00 e. The first-order valence-corrected chi connectivity index (χ1v) is 10.4. The Labute approximate surface area is 163 Å². The summed E-state index contributed by atoms with van der Waals surface area (Å²) in [7, 11) is 4.35. The van der Waals surface area contributed by atoms with Gasteiger partial charge in [-0.1, -0.05) is 71.1 Å². The number of hydrogen-bond donors (Lipinski definition) is 1. The Morgan fingerprint density at radius 1 is 0.833 bits per heavy atom. The van der Waals surface area contributed by atoms with Gasteiger partial charge in [0.2, 0.25) is 0 Å². The van der Waals surface area contributed by atoms with Gasteiger partial charge < -0.3 is 22.0 Å². The van der Waals surface area contributed by atoms with E-state index in [0.29, 0.717) is 5.38 Å². The van der Waals surface area contributed by atoms with E-state index < -0.39 is 0 Å². The van der Waals surface area contributed by atoms with Crippen LogP contribution in [0.25, 0.3) is 0 Å². The first kappa shape index (κ1) is 26.7. The molecule has 0 heterocycles. The Kier molecular flexibility index (Phi) is 18.9. The third-order valence-corrected chi connectivity index (χ3v) is 5.11. The Balaban J connectivity index is 0. The zero-order valence-corrected chi connectivity index (χ0v) is 18.2. The van der Waals surface area contributed by atoms with E-state index in [1.54, 1.807) is 0 Å². The average Bonchev–Trinajstić information content (AvgIpc) is 2.46. The molecule has 0 radical (unpaired) electrons. The molecule has 2 unspecified atom stereocenters. The highest BCUT2D eigenvalue weighted by molar-refractivity contribution is 6.20. The van der Waals surface area contributed by atoms with Gasteiger partial charge in [0.1, 0.15) is 12.6 Å². The highest BCUT2D eigenvalue weighted by Crippen LogP contribution is 2.17. The first-order chi connectivity index (χ1) is 10.9. The quantitative estimate of drug-likeness (QED) is 0.247. The van der Waals surface area contributed by atoms with Crippen LogP contribution in [0.1, 0.15) is 90.9 Å². The fourth-order valence-electron chi connectivity index (χ4n) is 3.29. The molecule has 24 heavy (non-hydrogen) atoms. The topological polar surface area (TPSA) is 20.2 Å². The zero-order valence-electron chi connectivity index (χ0n) is 16.7. The Bertz CT molecular complexity index is 260. The molecule has 0 bridgehead atoms. The Hall–Kier alpha value is 0.500. The number of nitrogens with zero attached hydrogens (tertiary/aromatic N) is 1. The highest BCUT2D eigenvalue weighted by atomic mass is 35.5. The number of halogens is 2. The molecule has 0 saturated heterocycles. The molecule has 0 amide bonds. The maximum absolute atomic E-state index is 9.51. The summed E-state index contributed by atoms with van der Waals surface area (Å²) in [6, 6.07) is 0. The second-order valence-corrected chi connectivity index (χ2v) is 8.66. The fourth-order valence-corrected chi connectivity index (χ4v) is 3.55. The Morgan fingerprint density at radius 3 is 1.75 bits per heavy atom. The molecule has 0 spiro atoms. The number of alkyl halides is 1. The van der Waals surface area contributed by atoms with Crippen LogP contribution in [0.2, 0.25) is 0 Å². The van der Waals surface area contributed by atoms with Crippen molar-refractivity contribution < 1.29 is 22.0 Å². The van der Waals surface area contributed by atoms with Crippen LogP contribution in [0, 0.1) is 0 Å². The number of hydrogen-bond acceptors (Lipinski definition) is 1. The van der Waals surface area contributed by atoms with Gasteiger partial charge in [-0.05, 0) is 13.3 Å². The first-order valence-electron chi connectivity index (χ1n) is 10.0. The third-order valence-electron chi connectivity index (χ3n) is 4.68. The van der Waals surface area contributed by atoms with Crippen molar-refractivity contribution in [3.63, 3.8) is 0 Å². The highest BCUT2D eigenvalue weighted by Gasteiger charge is 2.19. The molecule has 0 aromatic carbocycles. The van der Waals surface area contributed by atoms with Crippen LogP contribution in [0.15, 0.2) is 0 Å². The van der Waals surface area contributed by atoms with Gasteiger partial charge in [-0.3, -0.25) is 0 Å². The Morgan fingerprint density at radius 2 is 1.29 bits per heavy atom. The molecule has 2 atom stereocenters. The monoisotopic (exact) mass is 383 g/mol. The minimum absolute atomic E-state index is 0. The number of aliphatic hydroxyl groups is 1. The lowest BCUT2D eigenvalue weighted by atomic mass is 10.0. The third kappa shape index (κ3) is 18.8. The SMILES string of the molecule is CCCCCCCCCCCCC(Cl)CC[N+](C)(C)CC(C)O.[Cl-]. The van der Waals surface area contributed by atoms with E-state index in [9.17, 15) is 5.11 Å². The summed E-state index contributed by atoms with van der Waals surface area (Å²) in [5.74, 6) is 0. The molecule has 0 aliphatic rings. The van der Waals surface area contributed by atoms with Crippen LogP contribution in [-0.2, 0) is 0 Å². The van der Waals surface area contributed by atoms with Crippen LogP contribution in [0.3, 0.4) is 0 Å². The number of quaternary nitrogens is 1. The summed E-state index contributed by atoms with van der Waals surface area (Å²) in [6.07, 6.45) is 15.8. The molecule has 1 N–H and O–H groups in total. The smallest absolute Gasteiger partial charge is 0.104 e. The van der Waals surface area contributed by atoms with Gasteiger partial charge >= 0.3 is 0 Å². The van der Waals surface area contributed by atoms with Crippen molar-refractivity contribution >= 4 is 11.6 Å². The van der Waals surface area contributed by atoms with E-state index in [4.69, 9.17) is 11.6 Å². The molecule has 2 nitrogen and oxygen atoms in total. The summed E-state index contributed by atoms with van der Waals surface area (Å²) in [4.78, 5) is 0. The molecule has 0 fully saturated rings. The van der Waals surface area contributed by atoms with Gasteiger partial charge in [-0.15, -0.1) is 11.6 Å². The summed E-state index contributed by atoms with van der Waals surface area (Å²) in [6.45, 7) is 6.00. The van der Waals surface area contributed by atoms with Crippen molar-refractivity contribution in [3.05, 3.63) is 0 Å². The van der Waals surface area contributed by atoms with Crippen molar-refractivity contribution in [2.75, 3.05) is 27.2 Å². The van der Waals surface area contributed by atoms with E-state index >= 15 is 0 Å². The van der Waals surface area contributed by atoms with E-state index in [1.807, 2.05) is 6.92 Å². The number of aliphatic hydroxyl groups excluding tert-OH is 1. The molecule has 0 aliphatic carbocycles. The van der Waals surface area contributed by atoms with Crippen molar-refractivity contribution in [2.24, 2.45) is 0 Å². The average molecular weight is 384 g/mol. The van der Waals surface area contributed by atoms with Crippen LogP contribution in [0.5, 0.6) is 0 Å². The molecular formula is C20H43Cl2NO. The number of likely N-dealkylation sites (N-methyl/N-ethyl adjacent to an activating group) is 1. The summed E-state index contributed by atoms with van der Waals surface area (Å²) in [5, 5.41) is 9.81. The van der Waals surface area contributed by atoms with Gasteiger partial charge in [0, 0.05) is 11.8 Å². The van der Waals surface area contributed by atoms with Gasteiger partial charge in [-0.25, -0.2) is 0 Å². The lowest BCUT2D eigenvalue weighted by molar-refractivity contribution is -0.893. The molecule has 0 aromatic heterocycles. The van der Waals surface area contributed by atoms with Crippen molar-refractivity contribution in [1.29, 1.82) is 0 Å². The molecule has 0 saturated carbocycles. The second-order valence-electron chi connectivity index (χ2n) is 8.05. The fraction of sp³-hybridized carbons (Fsp3) is 1.00. The summed E-state index contributed by atoms with van der Waals surface area (Å²) in [5.41, 5.74) is 0. The second kappa shape index (κ2) is 16.9. The van der Waals surface area contributed by atoms with Crippen LogP contribution < -0.4 is 12.4 Å². The van der Waals surface area contributed by atoms with Crippen LogP contribution in [-0.4, -0.2) is 48.3 Å². The number of unbranched alkanes of at least 4 members (excludes halogenated alkanes) is 9. The lowest BCUT2D eigenvalue weighted by Gasteiger charge is -2.31. The lowest BCUT2D eigenvalue weighted by Crippen LogP contribution is -3.00. The molecule has 0 aromatic rings. The van der Waals surface area contributed by atoms with Gasteiger partial charge in [-0.2, -0.15) is 0 Å². The molecular weight excluding hydrogens is 341 g/mol. The molecule has 4 heteroatoms. The molecule has 0 rings (SSSR count). The van der Waals surface area contributed by atoms with Crippen LogP contribution in [0.4, 0.5) is 0 Å². The predicted molar refractivity (Wildman–Crippen MR) is 104 cm³/mol. The maximum atomic E-state index is 9.51. The van der Waals surface area contributed by atoms with E-state index in [1.165, 1.54) is 64.2 Å². The summed E-state index contributed by atoms with van der Waals surface area (Å²) < 4.78 is 0.860. The van der Waals surface area contributed by atoms with Crippen molar-refractivity contribution in [3.8, 4) is 0 Å². The van der Waals surface area contributed by atoms with E-state index in [0.717, 1.165) is 30.4 Å². The molecule has 148 valence electrons. The largest absolute Gasteiger partial charge is 1.00 e. The van der Waals surface area contributed by atoms with Gasteiger partial charge in [0.05, 0.1) is 20.6 Å².